The van der Waals surface area contributed by atoms with Crippen LogP contribution in [-0.4, -0.2) is 24.9 Å². The Hall–Kier alpha value is -2.37. The minimum Gasteiger partial charge on any atom is -0.485 e. The summed E-state index contributed by atoms with van der Waals surface area (Å²) in [5, 5.41) is 3.42. The lowest BCUT2D eigenvalue weighted by Gasteiger charge is -2.44. The number of benzene rings is 2. The van der Waals surface area contributed by atoms with Gasteiger partial charge in [0.15, 0.2) is 0 Å². The van der Waals surface area contributed by atoms with E-state index in [1.54, 1.807) is 12.1 Å². The van der Waals surface area contributed by atoms with Gasteiger partial charge in [0.05, 0.1) is 6.61 Å². The Morgan fingerprint density at radius 1 is 1.13 bits per heavy atom. The number of hydrogen-bond donors (Lipinski definition) is 1. The Morgan fingerprint density at radius 2 is 1.90 bits per heavy atom. The maximum absolute atomic E-state index is 13.2. The van der Waals surface area contributed by atoms with Gasteiger partial charge >= 0.3 is 0 Å². The van der Waals surface area contributed by atoms with Crippen molar-refractivity contribution in [1.29, 1.82) is 0 Å². The third-order valence-corrected chi connectivity index (χ3v) is 5.46. The Kier molecular flexibility index (Phi) is 8.10. The van der Waals surface area contributed by atoms with Gasteiger partial charge in [-0.05, 0) is 63.1 Å². The van der Waals surface area contributed by atoms with Crippen LogP contribution in [0.15, 0.2) is 54.6 Å². The predicted molar refractivity (Wildman–Crippen MR) is 123 cm³/mol. The van der Waals surface area contributed by atoms with Crippen molar-refractivity contribution in [3.63, 3.8) is 0 Å². The summed E-state index contributed by atoms with van der Waals surface area (Å²) in [6.07, 6.45) is 5.59. The van der Waals surface area contributed by atoms with Crippen LogP contribution in [0.5, 0.6) is 5.75 Å². The smallest absolute Gasteiger partial charge is 0.132 e. The molecule has 0 radical (unpaired) electrons. The number of anilines is 1. The molecule has 0 saturated heterocycles. The number of fused-ring (bicyclic) bond motifs is 1. The summed E-state index contributed by atoms with van der Waals surface area (Å²) in [6.45, 7) is 10.0. The van der Waals surface area contributed by atoms with Crippen LogP contribution in [0.25, 0.3) is 0 Å². The molecule has 2 atom stereocenters. The molecule has 0 aromatic heterocycles. The van der Waals surface area contributed by atoms with Gasteiger partial charge in [0.25, 0.3) is 0 Å². The lowest BCUT2D eigenvalue weighted by Crippen LogP contribution is -2.51. The number of unbranched alkanes of at least 4 members (excludes halogenated alkanes) is 1. The van der Waals surface area contributed by atoms with Crippen LogP contribution in [0.4, 0.5) is 10.1 Å². The van der Waals surface area contributed by atoms with Crippen LogP contribution in [0, 0.1) is 5.82 Å². The van der Waals surface area contributed by atoms with Crippen molar-refractivity contribution in [3.05, 3.63) is 71.6 Å². The molecule has 2 aromatic rings. The summed E-state index contributed by atoms with van der Waals surface area (Å²) >= 11 is 0. The molecule has 2 aromatic carbocycles. The number of halogens is 1. The maximum atomic E-state index is 13.2. The molecule has 2 unspecified atom stereocenters. The molecule has 1 N–H and O–H groups in total. The summed E-state index contributed by atoms with van der Waals surface area (Å²) in [6, 6.07) is 12.6. The van der Waals surface area contributed by atoms with E-state index in [0.717, 1.165) is 35.4 Å². The van der Waals surface area contributed by atoms with Gasteiger partial charge in [-0.2, -0.15) is 0 Å². The third kappa shape index (κ3) is 6.08. The van der Waals surface area contributed by atoms with E-state index in [1.807, 2.05) is 45.1 Å². The van der Waals surface area contributed by atoms with Crippen molar-refractivity contribution in [2.75, 3.05) is 18.5 Å². The predicted octanol–water partition coefficient (Wildman–Crippen LogP) is 6.43. The zero-order valence-electron chi connectivity index (χ0n) is 19.0. The molecule has 168 valence electrons. The second-order valence-electron chi connectivity index (χ2n) is 8.41. The normalized spacial score (nSPS) is 19.8. The molecular weight excluding hydrogens is 393 g/mol. The van der Waals surface area contributed by atoms with Gasteiger partial charge in [-0.3, -0.25) is 0 Å². The number of rotatable bonds is 10. The molecular formula is C26H34FNO3. The van der Waals surface area contributed by atoms with Crippen molar-refractivity contribution < 1.29 is 18.6 Å². The standard InChI is InChI=1S/C26H34FNO3/c1-5-7-15-29-24-22-17-21(28-18-19-9-11-20(27)12-10-19)13-14-23(22)31-26(3,4)25(24)30-16-8-6-2/h6,8-14,17,24-25,28H,5,7,15-16,18H2,1-4H3/b8-6+. The molecule has 1 aliphatic rings. The molecule has 0 amide bonds. The zero-order chi connectivity index (χ0) is 22.3. The van der Waals surface area contributed by atoms with E-state index in [2.05, 4.69) is 18.3 Å². The van der Waals surface area contributed by atoms with Gasteiger partial charge < -0.3 is 19.5 Å². The molecule has 5 heteroatoms. The Bertz CT molecular complexity index is 863. The highest BCUT2D eigenvalue weighted by Gasteiger charge is 2.45. The van der Waals surface area contributed by atoms with E-state index >= 15 is 0 Å². The van der Waals surface area contributed by atoms with E-state index in [9.17, 15) is 4.39 Å². The third-order valence-electron chi connectivity index (χ3n) is 5.46. The summed E-state index contributed by atoms with van der Waals surface area (Å²) < 4.78 is 32.1. The van der Waals surface area contributed by atoms with Gasteiger partial charge in [0.1, 0.15) is 29.4 Å². The van der Waals surface area contributed by atoms with Crippen LogP contribution in [0.3, 0.4) is 0 Å². The van der Waals surface area contributed by atoms with Crippen LogP contribution in [0.2, 0.25) is 0 Å². The maximum Gasteiger partial charge on any atom is 0.132 e. The van der Waals surface area contributed by atoms with E-state index in [4.69, 9.17) is 14.2 Å². The Balaban J connectivity index is 1.83. The van der Waals surface area contributed by atoms with Gasteiger partial charge in [0.2, 0.25) is 0 Å². The summed E-state index contributed by atoms with van der Waals surface area (Å²) in [5.41, 5.74) is 2.45. The zero-order valence-corrected chi connectivity index (χ0v) is 19.0. The van der Waals surface area contributed by atoms with Gasteiger partial charge in [-0.15, -0.1) is 0 Å². The minimum atomic E-state index is -0.519. The van der Waals surface area contributed by atoms with Crippen LogP contribution in [0.1, 0.15) is 57.8 Å². The largest absolute Gasteiger partial charge is 0.485 e. The van der Waals surface area contributed by atoms with Gasteiger partial charge in [-0.1, -0.05) is 37.6 Å². The van der Waals surface area contributed by atoms with Gasteiger partial charge in [-0.25, -0.2) is 4.39 Å². The minimum absolute atomic E-state index is 0.219. The molecule has 0 aliphatic carbocycles. The average Bonchev–Trinajstić information content (AvgIpc) is 2.75. The van der Waals surface area contributed by atoms with E-state index in [0.29, 0.717) is 19.8 Å². The first-order valence-electron chi connectivity index (χ1n) is 11.1. The lowest BCUT2D eigenvalue weighted by atomic mass is 9.87. The first kappa shape index (κ1) is 23.3. The van der Waals surface area contributed by atoms with Crippen LogP contribution in [-0.2, 0) is 16.0 Å². The molecule has 0 saturated carbocycles. The monoisotopic (exact) mass is 427 g/mol. The van der Waals surface area contributed by atoms with Crippen molar-refractivity contribution in [1.82, 2.24) is 0 Å². The van der Waals surface area contributed by atoms with E-state index in [-0.39, 0.29) is 18.0 Å². The van der Waals surface area contributed by atoms with Crippen LogP contribution >= 0.6 is 0 Å². The van der Waals surface area contributed by atoms with Crippen molar-refractivity contribution in [2.24, 2.45) is 0 Å². The van der Waals surface area contributed by atoms with Crippen molar-refractivity contribution >= 4 is 5.69 Å². The molecule has 0 fully saturated rings. The molecule has 31 heavy (non-hydrogen) atoms. The molecule has 3 rings (SSSR count). The average molecular weight is 428 g/mol. The highest BCUT2D eigenvalue weighted by atomic mass is 19.1. The number of hydrogen-bond acceptors (Lipinski definition) is 4. The van der Waals surface area contributed by atoms with Crippen LogP contribution < -0.4 is 10.1 Å². The summed E-state index contributed by atoms with van der Waals surface area (Å²) in [7, 11) is 0. The highest BCUT2D eigenvalue weighted by Crippen LogP contribution is 2.44. The lowest BCUT2D eigenvalue weighted by molar-refractivity contribution is -0.157. The first-order chi connectivity index (χ1) is 14.9. The molecule has 1 heterocycles. The number of allylic oxidation sites excluding steroid dienone is 1. The van der Waals surface area contributed by atoms with Crippen molar-refractivity contribution in [2.45, 2.75) is 64.9 Å². The molecule has 1 aliphatic heterocycles. The topological polar surface area (TPSA) is 39.7 Å². The van der Waals surface area contributed by atoms with E-state index in [1.165, 1.54) is 12.1 Å². The summed E-state index contributed by atoms with van der Waals surface area (Å²) in [5.74, 6) is 0.595. The second-order valence-corrected chi connectivity index (χ2v) is 8.41. The second kappa shape index (κ2) is 10.8. The fraction of sp³-hybridized carbons (Fsp3) is 0.462. The molecule has 0 spiro atoms. The van der Waals surface area contributed by atoms with E-state index < -0.39 is 5.60 Å². The fourth-order valence-corrected chi connectivity index (χ4v) is 3.72. The SMILES string of the molecule is C/C=C/COC1C(OCCCC)c2cc(NCc3ccc(F)cc3)ccc2OC1(C)C. The quantitative estimate of drug-likeness (QED) is 0.350. The van der Waals surface area contributed by atoms with Gasteiger partial charge in [0, 0.05) is 24.4 Å². The Morgan fingerprint density at radius 3 is 2.61 bits per heavy atom. The molecule has 4 nitrogen and oxygen atoms in total. The molecule has 0 bridgehead atoms. The number of ether oxygens (including phenoxy) is 3. The van der Waals surface area contributed by atoms with Crippen molar-refractivity contribution in [3.8, 4) is 5.75 Å². The highest BCUT2D eigenvalue weighted by molar-refractivity contribution is 5.53. The Labute approximate surface area is 185 Å². The fourth-order valence-electron chi connectivity index (χ4n) is 3.72. The summed E-state index contributed by atoms with van der Waals surface area (Å²) in [4.78, 5) is 0. The first-order valence-corrected chi connectivity index (χ1v) is 11.1. The number of nitrogens with one attached hydrogen (secondary N) is 1.